The normalized spacial score (nSPS) is 20.3. The Morgan fingerprint density at radius 3 is 2.33 bits per heavy atom. The summed E-state index contributed by atoms with van der Waals surface area (Å²) in [4.78, 5) is 22.7. The largest absolute Gasteiger partial charge is 0.389 e. The van der Waals surface area contributed by atoms with Crippen LogP contribution < -0.4 is 0 Å². The summed E-state index contributed by atoms with van der Waals surface area (Å²) in [6.45, 7) is -1.15. The van der Waals surface area contributed by atoms with Crippen LogP contribution in [0.25, 0.3) is 0 Å². The number of halogens is 1. The Labute approximate surface area is 69.0 Å². The van der Waals surface area contributed by atoms with Crippen molar-refractivity contribution in [3.05, 3.63) is 0 Å². The zero-order valence-electron chi connectivity index (χ0n) is 6.49. The lowest BCUT2D eigenvalue weighted by Gasteiger charge is -2.15. The molecule has 12 heavy (non-hydrogen) atoms. The molecule has 0 bridgehead atoms. The van der Waals surface area contributed by atoms with E-state index < -0.39 is 12.8 Å². The quantitative estimate of drug-likeness (QED) is 0.586. The molecule has 68 valence electrons. The van der Waals surface area contributed by atoms with Crippen molar-refractivity contribution in [1.29, 1.82) is 0 Å². The highest BCUT2D eigenvalue weighted by Gasteiger charge is 2.30. The predicted molar refractivity (Wildman–Crippen MR) is 37.9 cm³/mol. The maximum absolute atomic E-state index is 11.8. The van der Waals surface area contributed by atoms with Crippen LogP contribution in [0.15, 0.2) is 0 Å². The molecule has 1 rings (SSSR count). The minimum Gasteiger partial charge on any atom is -0.389 e. The van der Waals surface area contributed by atoms with Crippen molar-refractivity contribution in [3.63, 3.8) is 0 Å². The van der Waals surface area contributed by atoms with Gasteiger partial charge in [0.25, 0.3) is 0 Å². The highest BCUT2D eigenvalue weighted by Crippen LogP contribution is 2.11. The van der Waals surface area contributed by atoms with Gasteiger partial charge in [0.15, 0.2) is 0 Å². The van der Waals surface area contributed by atoms with Crippen LogP contribution in [0.4, 0.5) is 4.39 Å². The molecule has 1 aliphatic heterocycles. The van der Waals surface area contributed by atoms with Gasteiger partial charge in [-0.3, -0.25) is 14.5 Å². The van der Waals surface area contributed by atoms with E-state index in [9.17, 15) is 14.0 Å². The zero-order valence-corrected chi connectivity index (χ0v) is 6.49. The minimum absolute atomic E-state index is 0.178. The summed E-state index contributed by atoms with van der Waals surface area (Å²) in [5.74, 6) is -0.653. The van der Waals surface area contributed by atoms with Gasteiger partial charge in [-0.15, -0.1) is 0 Å². The Kier molecular flexibility index (Phi) is 2.75. The molecule has 1 aliphatic rings. The number of amides is 2. The van der Waals surface area contributed by atoms with E-state index in [-0.39, 0.29) is 31.2 Å². The van der Waals surface area contributed by atoms with Crippen molar-refractivity contribution in [1.82, 2.24) is 4.90 Å². The molecule has 4 nitrogen and oxygen atoms in total. The third kappa shape index (κ3) is 1.79. The monoisotopic (exact) mass is 175 g/mol. The number of rotatable bonds is 3. The molecule has 0 saturated carbocycles. The highest BCUT2D eigenvalue weighted by atomic mass is 19.1. The Bertz CT molecular complexity index is 191. The van der Waals surface area contributed by atoms with E-state index in [4.69, 9.17) is 5.11 Å². The third-order valence-corrected chi connectivity index (χ3v) is 1.73. The number of carbonyl (C=O) groups excluding carboxylic acids is 2. The van der Waals surface area contributed by atoms with Gasteiger partial charge < -0.3 is 5.11 Å². The number of carbonyl (C=O) groups is 2. The van der Waals surface area contributed by atoms with Crippen molar-refractivity contribution in [3.8, 4) is 0 Å². The van der Waals surface area contributed by atoms with Gasteiger partial charge in [0.2, 0.25) is 11.8 Å². The van der Waals surface area contributed by atoms with Crippen molar-refractivity contribution >= 4 is 11.8 Å². The SMILES string of the molecule is O=C1CCC(=O)N1CC(O)CF. The maximum atomic E-state index is 11.8. The molecule has 2 amide bonds. The number of alkyl halides is 1. The summed E-state index contributed by atoms with van der Waals surface area (Å²) in [7, 11) is 0. The second-order valence-electron chi connectivity index (χ2n) is 2.71. The van der Waals surface area contributed by atoms with Crippen LogP contribution in [-0.2, 0) is 9.59 Å². The summed E-state index contributed by atoms with van der Waals surface area (Å²) in [5, 5.41) is 8.83. The number of aliphatic hydroxyl groups excluding tert-OH is 1. The van der Waals surface area contributed by atoms with Crippen LogP contribution >= 0.6 is 0 Å². The van der Waals surface area contributed by atoms with E-state index in [0.717, 1.165) is 4.90 Å². The van der Waals surface area contributed by atoms with Gasteiger partial charge in [0, 0.05) is 12.8 Å². The molecule has 1 unspecified atom stereocenters. The molecule has 0 radical (unpaired) electrons. The number of hydrogen-bond donors (Lipinski definition) is 1. The molecular weight excluding hydrogens is 165 g/mol. The smallest absolute Gasteiger partial charge is 0.229 e. The van der Waals surface area contributed by atoms with E-state index in [1.54, 1.807) is 0 Å². The number of likely N-dealkylation sites (tertiary alicyclic amines) is 1. The highest BCUT2D eigenvalue weighted by molar-refractivity contribution is 6.01. The third-order valence-electron chi connectivity index (χ3n) is 1.73. The number of aliphatic hydroxyl groups is 1. The lowest BCUT2D eigenvalue weighted by atomic mass is 10.3. The summed E-state index contributed by atoms with van der Waals surface area (Å²) < 4.78 is 11.8. The molecule has 5 heteroatoms. The fourth-order valence-corrected chi connectivity index (χ4v) is 1.09. The standard InChI is InChI=1S/C7H10FNO3/c8-3-5(10)4-9-6(11)1-2-7(9)12/h5,10H,1-4H2. The van der Waals surface area contributed by atoms with Gasteiger partial charge in [0.1, 0.15) is 12.8 Å². The van der Waals surface area contributed by atoms with Crippen molar-refractivity contribution in [2.45, 2.75) is 18.9 Å². The van der Waals surface area contributed by atoms with E-state index in [1.807, 2.05) is 0 Å². The molecule has 1 atom stereocenters. The molecule has 1 heterocycles. The number of imide groups is 1. The van der Waals surface area contributed by atoms with E-state index in [1.165, 1.54) is 0 Å². The molecule has 1 saturated heterocycles. The van der Waals surface area contributed by atoms with Crippen LogP contribution in [0.5, 0.6) is 0 Å². The van der Waals surface area contributed by atoms with E-state index >= 15 is 0 Å². The molecule has 0 aromatic carbocycles. The molecule has 0 aromatic rings. The van der Waals surface area contributed by atoms with Crippen molar-refractivity contribution in [2.24, 2.45) is 0 Å². The van der Waals surface area contributed by atoms with Gasteiger partial charge in [-0.1, -0.05) is 0 Å². The number of nitrogens with zero attached hydrogens (tertiary/aromatic N) is 1. The first-order valence-electron chi connectivity index (χ1n) is 3.72. The van der Waals surface area contributed by atoms with Gasteiger partial charge in [-0.2, -0.15) is 0 Å². The summed E-state index contributed by atoms with van der Waals surface area (Å²) in [5.41, 5.74) is 0. The fourth-order valence-electron chi connectivity index (χ4n) is 1.09. The van der Waals surface area contributed by atoms with Crippen LogP contribution in [0.1, 0.15) is 12.8 Å². The van der Waals surface area contributed by atoms with Gasteiger partial charge in [-0.05, 0) is 0 Å². The summed E-state index contributed by atoms with van der Waals surface area (Å²) in [6, 6.07) is 0. The van der Waals surface area contributed by atoms with E-state index in [0.29, 0.717) is 0 Å². The minimum atomic E-state index is -1.24. The number of β-amino-alcohol motifs (C(OH)–C–C–N with tert-alkyl or cyclic N) is 1. The number of hydrogen-bond acceptors (Lipinski definition) is 3. The van der Waals surface area contributed by atoms with Crippen LogP contribution in [0.3, 0.4) is 0 Å². The average molecular weight is 175 g/mol. The van der Waals surface area contributed by atoms with Gasteiger partial charge >= 0.3 is 0 Å². The molecule has 1 N–H and O–H groups in total. The average Bonchev–Trinajstić information content (AvgIpc) is 2.35. The topological polar surface area (TPSA) is 57.6 Å². The van der Waals surface area contributed by atoms with Crippen molar-refractivity contribution < 1.29 is 19.1 Å². The van der Waals surface area contributed by atoms with Crippen LogP contribution in [0, 0.1) is 0 Å². The first-order valence-corrected chi connectivity index (χ1v) is 3.72. The second-order valence-corrected chi connectivity index (χ2v) is 2.71. The molecule has 1 fully saturated rings. The maximum Gasteiger partial charge on any atom is 0.229 e. The lowest BCUT2D eigenvalue weighted by Crippen LogP contribution is -2.37. The Morgan fingerprint density at radius 1 is 1.42 bits per heavy atom. The Hall–Kier alpha value is -0.970. The molecule has 0 spiro atoms. The van der Waals surface area contributed by atoms with Gasteiger partial charge in [0.05, 0.1) is 6.54 Å². The first kappa shape index (κ1) is 9.12. The predicted octanol–water partition coefficient (Wildman–Crippen LogP) is -0.534. The van der Waals surface area contributed by atoms with Crippen molar-refractivity contribution in [2.75, 3.05) is 13.2 Å². The lowest BCUT2D eigenvalue weighted by molar-refractivity contribution is -0.140. The first-order chi connectivity index (χ1) is 5.65. The summed E-state index contributed by atoms with van der Waals surface area (Å²) in [6.07, 6.45) is -0.883. The molecular formula is C7H10FNO3. The Morgan fingerprint density at radius 2 is 1.92 bits per heavy atom. The van der Waals surface area contributed by atoms with Crippen LogP contribution in [0.2, 0.25) is 0 Å². The fraction of sp³-hybridized carbons (Fsp3) is 0.714. The Balaban J connectivity index is 2.50. The molecule has 0 aliphatic carbocycles. The molecule has 0 aromatic heterocycles. The van der Waals surface area contributed by atoms with Crippen LogP contribution in [-0.4, -0.2) is 41.1 Å². The van der Waals surface area contributed by atoms with E-state index in [2.05, 4.69) is 0 Å². The zero-order chi connectivity index (χ0) is 9.14. The second kappa shape index (κ2) is 3.62. The van der Waals surface area contributed by atoms with Gasteiger partial charge in [-0.25, -0.2) is 4.39 Å². The summed E-state index contributed by atoms with van der Waals surface area (Å²) >= 11 is 0.